The minimum Gasteiger partial charge on any atom is -0.384 e. The van der Waals surface area contributed by atoms with Crippen molar-refractivity contribution in [2.24, 2.45) is 0 Å². The number of aromatic nitrogens is 2. The van der Waals surface area contributed by atoms with Crippen LogP contribution in [-0.4, -0.2) is 84.2 Å². The van der Waals surface area contributed by atoms with Crippen molar-refractivity contribution in [1.29, 1.82) is 0 Å². The average Bonchev–Trinajstić information content (AvgIpc) is 2.98. The molecular formula is C14H19F3N4O5. The predicted molar refractivity (Wildman–Crippen MR) is 80.1 cm³/mol. The van der Waals surface area contributed by atoms with Crippen LogP contribution in [0.1, 0.15) is 16.2 Å². The minimum absolute atomic E-state index is 0.0569. The maximum Gasteiger partial charge on any atom is 0.432 e. The van der Waals surface area contributed by atoms with Gasteiger partial charge in [-0.05, 0) is 0 Å². The Bertz CT molecular complexity index is 651. The predicted octanol–water partition coefficient (Wildman–Crippen LogP) is -0.605. The van der Waals surface area contributed by atoms with Crippen LogP contribution in [0.2, 0.25) is 0 Å². The van der Waals surface area contributed by atoms with Gasteiger partial charge in [0, 0.05) is 19.7 Å². The van der Waals surface area contributed by atoms with E-state index < -0.39 is 35.0 Å². The van der Waals surface area contributed by atoms with Gasteiger partial charge in [-0.25, -0.2) is 0 Å². The lowest BCUT2D eigenvalue weighted by molar-refractivity contribution is -0.141. The lowest BCUT2D eigenvalue weighted by Gasteiger charge is -2.30. The number of carbonyl (C=O) groups excluding carboxylic acids is 2. The van der Waals surface area contributed by atoms with E-state index in [9.17, 15) is 27.9 Å². The molecule has 1 atom stereocenters. The molecule has 0 radical (unpaired) electrons. The van der Waals surface area contributed by atoms with E-state index in [1.807, 2.05) is 0 Å². The van der Waals surface area contributed by atoms with E-state index in [1.165, 1.54) is 7.11 Å². The third-order valence-electron chi connectivity index (χ3n) is 3.64. The molecule has 1 aromatic heterocycles. The topological polar surface area (TPSA) is 117 Å². The first kappa shape index (κ1) is 20.1. The van der Waals surface area contributed by atoms with E-state index in [1.54, 1.807) is 5.10 Å². The van der Waals surface area contributed by atoms with Crippen LogP contribution >= 0.6 is 0 Å². The number of aromatic amines is 1. The fraction of sp³-hybridized carbons (Fsp3) is 0.643. The Labute approximate surface area is 146 Å². The molecule has 0 spiro atoms. The molecule has 2 rings (SSSR count). The Hall–Kier alpha value is -2.18. The number of hydrogen-bond donors (Lipinski definition) is 3. The van der Waals surface area contributed by atoms with Crippen molar-refractivity contribution < 1.29 is 37.3 Å². The fourth-order valence-corrected chi connectivity index (χ4v) is 2.38. The molecule has 0 bridgehead atoms. The number of alkyl halides is 3. The molecule has 1 aliphatic heterocycles. The number of halogens is 3. The fourth-order valence-electron chi connectivity index (χ4n) is 2.38. The second kappa shape index (κ2) is 8.01. The Balaban J connectivity index is 2.07. The van der Waals surface area contributed by atoms with Gasteiger partial charge >= 0.3 is 6.18 Å². The standard InChI is InChI=1S/C14H19F3N4O5/c1-25-5-11(22)18-6-13(24)7-21(2-3-26-8-13)12(23)9-4-10(20-19-9)14(15,16)17/h4,24H,2-3,5-8H2,1H3,(H,18,22)(H,19,20). The summed E-state index contributed by atoms with van der Waals surface area (Å²) in [4.78, 5) is 25.0. The van der Waals surface area contributed by atoms with Crippen LogP contribution in [0.25, 0.3) is 0 Å². The lowest BCUT2D eigenvalue weighted by Crippen LogP contribution is -2.53. The smallest absolute Gasteiger partial charge is 0.384 e. The highest BCUT2D eigenvalue weighted by atomic mass is 19.4. The van der Waals surface area contributed by atoms with Gasteiger partial charge in [-0.2, -0.15) is 18.3 Å². The van der Waals surface area contributed by atoms with Gasteiger partial charge in [-0.15, -0.1) is 0 Å². The first-order valence-electron chi connectivity index (χ1n) is 7.62. The lowest BCUT2D eigenvalue weighted by atomic mass is 10.0. The molecule has 12 heteroatoms. The van der Waals surface area contributed by atoms with Crippen LogP contribution in [0.3, 0.4) is 0 Å². The Morgan fingerprint density at radius 1 is 1.54 bits per heavy atom. The first-order chi connectivity index (χ1) is 12.1. The molecule has 1 unspecified atom stereocenters. The number of H-pyrrole nitrogens is 1. The quantitative estimate of drug-likeness (QED) is 0.628. The van der Waals surface area contributed by atoms with Gasteiger partial charge in [0.15, 0.2) is 5.69 Å². The number of nitrogens with zero attached hydrogens (tertiary/aromatic N) is 2. The zero-order valence-corrected chi connectivity index (χ0v) is 13.9. The molecule has 1 saturated heterocycles. The summed E-state index contributed by atoms with van der Waals surface area (Å²) in [5, 5.41) is 18.2. The van der Waals surface area contributed by atoms with E-state index in [0.717, 1.165) is 4.90 Å². The molecule has 26 heavy (non-hydrogen) atoms. The van der Waals surface area contributed by atoms with Gasteiger partial charge in [0.05, 0.1) is 26.3 Å². The summed E-state index contributed by atoms with van der Waals surface area (Å²) in [5.41, 5.74) is -3.17. The highest BCUT2D eigenvalue weighted by Crippen LogP contribution is 2.28. The Morgan fingerprint density at radius 3 is 2.88 bits per heavy atom. The van der Waals surface area contributed by atoms with Crippen LogP contribution in [0.4, 0.5) is 13.2 Å². The average molecular weight is 380 g/mol. The summed E-state index contributed by atoms with van der Waals surface area (Å²) in [6.07, 6.45) is -4.65. The number of methoxy groups -OCH3 is 1. The SMILES string of the molecule is COCC(=O)NCC1(O)COCCN(C(=O)c2cc(C(F)(F)F)[nH]n2)C1. The van der Waals surface area contributed by atoms with Crippen LogP contribution in [0.5, 0.6) is 0 Å². The number of β-amino-alcohol motifs (C(OH)–C–C–N with tert-alkyl or cyclic N) is 1. The monoisotopic (exact) mass is 380 g/mol. The van der Waals surface area contributed by atoms with Crippen molar-refractivity contribution in [3.63, 3.8) is 0 Å². The Kier molecular flexibility index (Phi) is 6.21. The van der Waals surface area contributed by atoms with E-state index in [-0.39, 0.29) is 39.5 Å². The van der Waals surface area contributed by atoms with Crippen LogP contribution < -0.4 is 5.32 Å². The van der Waals surface area contributed by atoms with Gasteiger partial charge in [-0.1, -0.05) is 0 Å². The zero-order valence-electron chi connectivity index (χ0n) is 13.9. The molecule has 0 saturated carbocycles. The van der Waals surface area contributed by atoms with Crippen molar-refractivity contribution >= 4 is 11.8 Å². The van der Waals surface area contributed by atoms with Gasteiger partial charge in [0.25, 0.3) is 5.91 Å². The third-order valence-corrected chi connectivity index (χ3v) is 3.64. The number of ether oxygens (including phenoxy) is 2. The third kappa shape index (κ3) is 5.16. The second-order valence-electron chi connectivity index (χ2n) is 5.88. The van der Waals surface area contributed by atoms with Crippen LogP contribution in [0.15, 0.2) is 6.07 Å². The van der Waals surface area contributed by atoms with Crippen LogP contribution in [-0.2, 0) is 20.4 Å². The van der Waals surface area contributed by atoms with Crippen molar-refractivity contribution in [1.82, 2.24) is 20.4 Å². The van der Waals surface area contributed by atoms with E-state index in [4.69, 9.17) is 4.74 Å². The molecule has 1 aromatic rings. The summed E-state index contributed by atoms with van der Waals surface area (Å²) in [7, 11) is 1.34. The van der Waals surface area contributed by atoms with E-state index >= 15 is 0 Å². The van der Waals surface area contributed by atoms with Crippen molar-refractivity contribution in [3.8, 4) is 0 Å². The highest BCUT2D eigenvalue weighted by molar-refractivity contribution is 5.92. The number of hydrogen-bond acceptors (Lipinski definition) is 6. The highest BCUT2D eigenvalue weighted by Gasteiger charge is 2.37. The van der Waals surface area contributed by atoms with Gasteiger partial charge < -0.3 is 24.8 Å². The number of rotatable bonds is 5. The number of carbonyl (C=O) groups is 2. The summed E-state index contributed by atoms with van der Waals surface area (Å²) >= 11 is 0. The molecule has 146 valence electrons. The molecule has 2 heterocycles. The number of aliphatic hydroxyl groups is 1. The van der Waals surface area contributed by atoms with Crippen molar-refractivity contribution in [2.75, 3.05) is 46.6 Å². The summed E-state index contributed by atoms with van der Waals surface area (Å²) in [6.45, 7) is -0.676. The summed E-state index contributed by atoms with van der Waals surface area (Å²) < 4.78 is 47.8. The van der Waals surface area contributed by atoms with Gasteiger partial charge in [-0.3, -0.25) is 14.7 Å². The zero-order chi connectivity index (χ0) is 19.4. The first-order valence-corrected chi connectivity index (χ1v) is 7.62. The molecule has 3 N–H and O–H groups in total. The summed E-state index contributed by atoms with van der Waals surface area (Å²) in [5.74, 6) is -1.26. The van der Waals surface area contributed by atoms with Crippen LogP contribution in [0, 0.1) is 0 Å². The van der Waals surface area contributed by atoms with Gasteiger partial charge in [0.1, 0.15) is 17.9 Å². The molecule has 1 fully saturated rings. The maximum atomic E-state index is 12.6. The van der Waals surface area contributed by atoms with Crippen molar-refractivity contribution in [3.05, 3.63) is 17.5 Å². The second-order valence-corrected chi connectivity index (χ2v) is 5.88. The molecule has 9 nitrogen and oxygen atoms in total. The minimum atomic E-state index is -4.65. The molecule has 2 amide bonds. The van der Waals surface area contributed by atoms with E-state index in [0.29, 0.717) is 6.07 Å². The summed E-state index contributed by atoms with van der Waals surface area (Å²) in [6, 6.07) is 0.605. The molecule has 0 aromatic carbocycles. The number of nitrogens with one attached hydrogen (secondary N) is 2. The van der Waals surface area contributed by atoms with E-state index in [2.05, 4.69) is 15.2 Å². The normalized spacial score (nSPS) is 21.3. The Morgan fingerprint density at radius 2 is 2.27 bits per heavy atom. The molecule has 0 aliphatic carbocycles. The largest absolute Gasteiger partial charge is 0.432 e. The maximum absolute atomic E-state index is 12.6. The van der Waals surface area contributed by atoms with Gasteiger partial charge in [0.2, 0.25) is 5.91 Å². The molecular weight excluding hydrogens is 361 g/mol. The molecule has 1 aliphatic rings. The number of amides is 2. The van der Waals surface area contributed by atoms with Crippen molar-refractivity contribution in [2.45, 2.75) is 11.8 Å².